The van der Waals surface area contributed by atoms with Crippen LogP contribution in [0.3, 0.4) is 0 Å². The highest BCUT2D eigenvalue weighted by molar-refractivity contribution is 7.88. The van der Waals surface area contributed by atoms with Gasteiger partial charge in [0.2, 0.25) is 10.0 Å². The number of rotatable bonds is 3. The van der Waals surface area contributed by atoms with Crippen LogP contribution in [-0.4, -0.2) is 49.6 Å². The Labute approximate surface area is 123 Å². The molecule has 20 heavy (non-hydrogen) atoms. The molecule has 1 saturated heterocycles. The molecule has 0 saturated carbocycles. The Morgan fingerprint density at radius 2 is 2.30 bits per heavy atom. The Morgan fingerprint density at radius 1 is 1.55 bits per heavy atom. The average Bonchev–Trinajstić information content (AvgIpc) is 2.36. The van der Waals surface area contributed by atoms with Crippen LogP contribution < -0.4 is 4.72 Å². The average molecular weight is 318 g/mol. The fourth-order valence-corrected chi connectivity index (χ4v) is 3.25. The van der Waals surface area contributed by atoms with Gasteiger partial charge in [0.25, 0.3) is 5.91 Å². The predicted molar refractivity (Wildman–Crippen MR) is 76.2 cm³/mol. The summed E-state index contributed by atoms with van der Waals surface area (Å²) in [6, 6.07) is 2.87. The third-order valence-electron chi connectivity index (χ3n) is 3.06. The largest absolute Gasteiger partial charge is 0.337 e. The first-order valence-corrected chi connectivity index (χ1v) is 8.50. The Balaban J connectivity index is 2.07. The van der Waals surface area contributed by atoms with Gasteiger partial charge in [-0.3, -0.25) is 4.79 Å². The second-order valence-corrected chi connectivity index (χ2v) is 7.01. The van der Waals surface area contributed by atoms with Gasteiger partial charge in [-0.15, -0.1) is 0 Å². The first-order valence-electron chi connectivity index (χ1n) is 6.23. The van der Waals surface area contributed by atoms with E-state index in [1.165, 1.54) is 12.3 Å². The number of piperidine rings is 1. The number of hydrogen-bond donors (Lipinski definition) is 1. The molecule has 1 aromatic rings. The zero-order valence-corrected chi connectivity index (χ0v) is 12.6. The third-order valence-corrected chi connectivity index (χ3v) is 4.03. The summed E-state index contributed by atoms with van der Waals surface area (Å²) in [5, 5.41) is 0.263. The maximum Gasteiger partial charge on any atom is 0.254 e. The second-order valence-electron chi connectivity index (χ2n) is 4.85. The summed E-state index contributed by atoms with van der Waals surface area (Å²) in [5.41, 5.74) is 0.463. The van der Waals surface area contributed by atoms with E-state index < -0.39 is 10.0 Å². The van der Waals surface area contributed by atoms with Gasteiger partial charge in [-0.2, -0.15) is 0 Å². The second kappa shape index (κ2) is 6.07. The molecular weight excluding hydrogens is 302 g/mol. The molecule has 0 aromatic carbocycles. The smallest absolute Gasteiger partial charge is 0.254 e. The molecule has 1 N–H and O–H groups in total. The summed E-state index contributed by atoms with van der Waals surface area (Å²) >= 11 is 5.77. The number of hydrogen-bond acceptors (Lipinski definition) is 4. The van der Waals surface area contributed by atoms with Crippen molar-refractivity contribution in [3.8, 4) is 0 Å². The van der Waals surface area contributed by atoms with Crippen molar-refractivity contribution in [3.63, 3.8) is 0 Å². The molecule has 1 atom stereocenters. The summed E-state index contributed by atoms with van der Waals surface area (Å²) in [4.78, 5) is 17.8. The normalized spacial score (nSPS) is 19.9. The van der Waals surface area contributed by atoms with Crippen LogP contribution in [-0.2, 0) is 10.0 Å². The fourth-order valence-electron chi connectivity index (χ4n) is 2.28. The Bertz CT molecular complexity index is 606. The van der Waals surface area contributed by atoms with Crippen molar-refractivity contribution in [2.75, 3.05) is 19.3 Å². The lowest BCUT2D eigenvalue weighted by Crippen LogP contribution is -2.49. The van der Waals surface area contributed by atoms with Crippen molar-refractivity contribution in [1.82, 2.24) is 14.6 Å². The summed E-state index contributed by atoms with van der Waals surface area (Å²) in [6.45, 7) is 0.979. The highest BCUT2D eigenvalue weighted by atomic mass is 35.5. The molecule has 1 aliphatic rings. The highest BCUT2D eigenvalue weighted by Crippen LogP contribution is 2.15. The molecule has 1 fully saturated rings. The number of carbonyl (C=O) groups excluding carboxylic acids is 1. The van der Waals surface area contributed by atoms with Crippen LogP contribution in [0.5, 0.6) is 0 Å². The Morgan fingerprint density at radius 3 is 2.95 bits per heavy atom. The van der Waals surface area contributed by atoms with Crippen molar-refractivity contribution >= 4 is 27.5 Å². The van der Waals surface area contributed by atoms with E-state index in [0.29, 0.717) is 18.7 Å². The van der Waals surface area contributed by atoms with E-state index in [1.807, 2.05) is 0 Å². The summed E-state index contributed by atoms with van der Waals surface area (Å²) in [6.07, 6.45) is 4.09. The topological polar surface area (TPSA) is 79.4 Å². The van der Waals surface area contributed by atoms with E-state index in [1.54, 1.807) is 11.0 Å². The van der Waals surface area contributed by atoms with E-state index in [4.69, 9.17) is 11.6 Å². The maximum absolute atomic E-state index is 12.3. The van der Waals surface area contributed by atoms with Crippen molar-refractivity contribution in [2.24, 2.45) is 0 Å². The summed E-state index contributed by atoms with van der Waals surface area (Å²) in [7, 11) is -3.26. The molecule has 0 bridgehead atoms. The minimum Gasteiger partial charge on any atom is -0.337 e. The minimum atomic E-state index is -3.26. The van der Waals surface area contributed by atoms with Gasteiger partial charge in [-0.05, 0) is 25.0 Å². The van der Waals surface area contributed by atoms with Crippen LogP contribution in [0.1, 0.15) is 23.2 Å². The van der Waals surface area contributed by atoms with Gasteiger partial charge in [-0.1, -0.05) is 11.6 Å². The van der Waals surface area contributed by atoms with Crippen LogP contribution in [0.2, 0.25) is 5.15 Å². The zero-order valence-electron chi connectivity index (χ0n) is 11.0. The highest BCUT2D eigenvalue weighted by Gasteiger charge is 2.26. The van der Waals surface area contributed by atoms with Crippen LogP contribution in [0.15, 0.2) is 18.3 Å². The van der Waals surface area contributed by atoms with Crippen LogP contribution in [0.4, 0.5) is 0 Å². The number of carbonyl (C=O) groups is 1. The molecule has 1 aliphatic heterocycles. The van der Waals surface area contributed by atoms with E-state index in [-0.39, 0.29) is 17.1 Å². The lowest BCUT2D eigenvalue weighted by Gasteiger charge is -2.32. The molecule has 1 unspecified atom stereocenters. The number of sulfonamides is 1. The molecule has 2 rings (SSSR count). The molecule has 2 heterocycles. The van der Waals surface area contributed by atoms with E-state index in [9.17, 15) is 13.2 Å². The third kappa shape index (κ3) is 4.16. The molecule has 1 aromatic heterocycles. The Hall–Kier alpha value is -1.18. The van der Waals surface area contributed by atoms with Crippen molar-refractivity contribution in [2.45, 2.75) is 18.9 Å². The monoisotopic (exact) mass is 317 g/mol. The van der Waals surface area contributed by atoms with E-state index >= 15 is 0 Å². The fraction of sp³-hybridized carbons (Fsp3) is 0.500. The predicted octanol–water partition coefficient (Wildman–Crippen LogP) is 0.889. The lowest BCUT2D eigenvalue weighted by atomic mass is 10.1. The molecule has 1 amide bonds. The standard InChI is InChI=1S/C12H16ClN3O3S/c1-20(18,19)15-10-3-2-6-16(8-10)12(17)9-4-5-14-11(13)7-9/h4-5,7,10,15H,2-3,6,8H2,1H3. The van der Waals surface area contributed by atoms with Gasteiger partial charge in [0.15, 0.2) is 0 Å². The molecule has 110 valence electrons. The number of nitrogens with zero attached hydrogens (tertiary/aromatic N) is 2. The first-order chi connectivity index (χ1) is 9.35. The molecule has 8 heteroatoms. The number of halogens is 1. The van der Waals surface area contributed by atoms with Crippen LogP contribution >= 0.6 is 11.6 Å². The van der Waals surface area contributed by atoms with E-state index in [2.05, 4.69) is 9.71 Å². The van der Waals surface area contributed by atoms with Crippen molar-refractivity contribution < 1.29 is 13.2 Å². The summed E-state index contributed by atoms with van der Waals surface area (Å²) in [5.74, 6) is -0.158. The molecule has 6 nitrogen and oxygen atoms in total. The molecule has 0 aliphatic carbocycles. The zero-order chi connectivity index (χ0) is 14.8. The number of likely N-dealkylation sites (tertiary alicyclic amines) is 1. The molecule has 0 radical (unpaired) electrons. The first kappa shape index (κ1) is 15.2. The maximum atomic E-state index is 12.3. The quantitative estimate of drug-likeness (QED) is 0.840. The summed E-state index contributed by atoms with van der Waals surface area (Å²) < 4.78 is 25.0. The number of amides is 1. The van der Waals surface area contributed by atoms with Crippen molar-refractivity contribution in [1.29, 1.82) is 0 Å². The Kier molecular flexibility index (Phi) is 4.62. The van der Waals surface area contributed by atoms with Crippen molar-refractivity contribution in [3.05, 3.63) is 29.0 Å². The van der Waals surface area contributed by atoms with Crippen LogP contribution in [0, 0.1) is 0 Å². The minimum absolute atomic E-state index is 0.158. The molecule has 0 spiro atoms. The van der Waals surface area contributed by atoms with Gasteiger partial charge in [0.05, 0.1) is 6.26 Å². The van der Waals surface area contributed by atoms with Crippen LogP contribution in [0.25, 0.3) is 0 Å². The molecular formula is C12H16ClN3O3S. The van der Waals surface area contributed by atoms with Gasteiger partial charge >= 0.3 is 0 Å². The number of aromatic nitrogens is 1. The SMILES string of the molecule is CS(=O)(=O)NC1CCCN(C(=O)c2ccnc(Cl)c2)C1. The number of pyridine rings is 1. The van der Waals surface area contributed by atoms with Gasteiger partial charge in [0, 0.05) is 30.9 Å². The van der Waals surface area contributed by atoms with Gasteiger partial charge < -0.3 is 4.90 Å². The van der Waals surface area contributed by atoms with Gasteiger partial charge in [0.1, 0.15) is 5.15 Å². The van der Waals surface area contributed by atoms with E-state index in [0.717, 1.165) is 19.1 Å². The van der Waals surface area contributed by atoms with Gasteiger partial charge in [-0.25, -0.2) is 18.1 Å². The number of nitrogens with one attached hydrogen (secondary N) is 1. The lowest BCUT2D eigenvalue weighted by molar-refractivity contribution is 0.0703.